The van der Waals surface area contributed by atoms with Crippen LogP contribution in [0.1, 0.15) is 47.6 Å². The third-order valence-electron chi connectivity index (χ3n) is 4.76. The van der Waals surface area contributed by atoms with E-state index in [1.807, 2.05) is 35.9 Å². The van der Waals surface area contributed by atoms with Gasteiger partial charge >= 0.3 is 5.97 Å². The second-order valence-corrected chi connectivity index (χ2v) is 7.20. The van der Waals surface area contributed by atoms with E-state index in [1.165, 1.54) is 0 Å². The first kappa shape index (κ1) is 17.2. The van der Waals surface area contributed by atoms with Gasteiger partial charge in [0.25, 0.3) is 5.91 Å². The fraction of sp³-hybridized carbons (Fsp3) is 0.421. The Balaban J connectivity index is 1.91. The minimum atomic E-state index is -1.02. The molecule has 1 amide bonds. The third-order valence-corrected chi connectivity index (χ3v) is 4.76. The minimum absolute atomic E-state index is 0.0627. The van der Waals surface area contributed by atoms with Crippen LogP contribution >= 0.6 is 0 Å². The normalized spacial score (nSPS) is 13.6. The molecule has 132 valence electrons. The van der Waals surface area contributed by atoms with E-state index in [1.54, 1.807) is 13.8 Å². The maximum Gasteiger partial charge on any atom is 0.310 e. The number of amides is 1. The maximum atomic E-state index is 12.6. The number of benzene rings is 1. The molecular formula is C19H23N3O3. The van der Waals surface area contributed by atoms with Gasteiger partial charge in [-0.2, -0.15) is 5.10 Å². The first-order valence-corrected chi connectivity index (χ1v) is 8.49. The van der Waals surface area contributed by atoms with Crippen LogP contribution in [0.2, 0.25) is 0 Å². The number of carboxylic acid groups (broad SMARTS) is 1. The van der Waals surface area contributed by atoms with Crippen molar-refractivity contribution in [2.24, 2.45) is 5.41 Å². The van der Waals surface area contributed by atoms with Crippen LogP contribution in [0.3, 0.4) is 0 Å². The Morgan fingerprint density at radius 3 is 2.68 bits per heavy atom. The quantitative estimate of drug-likeness (QED) is 0.875. The summed E-state index contributed by atoms with van der Waals surface area (Å²) in [6, 6.07) is 7.95. The van der Waals surface area contributed by atoms with Crippen molar-refractivity contribution in [3.63, 3.8) is 0 Å². The molecule has 1 aromatic carbocycles. The zero-order valence-corrected chi connectivity index (χ0v) is 14.8. The summed E-state index contributed by atoms with van der Waals surface area (Å²) < 4.78 is 1.87. The van der Waals surface area contributed by atoms with Crippen molar-refractivity contribution in [3.05, 3.63) is 46.8 Å². The number of rotatable bonds is 5. The van der Waals surface area contributed by atoms with Crippen molar-refractivity contribution < 1.29 is 14.7 Å². The Bertz CT molecular complexity index is 836. The number of nitrogens with one attached hydrogen (secondary N) is 1. The van der Waals surface area contributed by atoms with Crippen LogP contribution in [0.25, 0.3) is 5.69 Å². The van der Waals surface area contributed by atoms with Crippen LogP contribution in [0.4, 0.5) is 0 Å². The Labute approximate surface area is 146 Å². The average Bonchev–Trinajstić information content (AvgIpc) is 3.15. The minimum Gasteiger partial charge on any atom is -0.481 e. The summed E-state index contributed by atoms with van der Waals surface area (Å²) in [6.07, 6.45) is 2.72. The predicted molar refractivity (Wildman–Crippen MR) is 94.1 cm³/mol. The number of carboxylic acids is 1. The molecule has 1 heterocycles. The molecule has 0 bridgehead atoms. The van der Waals surface area contributed by atoms with E-state index in [0.717, 1.165) is 41.8 Å². The number of aryl methyl sites for hydroxylation is 1. The number of hydrogen-bond acceptors (Lipinski definition) is 3. The molecule has 0 saturated heterocycles. The zero-order chi connectivity index (χ0) is 18.2. The van der Waals surface area contributed by atoms with Crippen LogP contribution in [-0.4, -0.2) is 33.3 Å². The standard InChI is InChI=1S/C19H23N3O3/c1-12-7-4-5-9-14(12)22-15-10-6-8-13(15)16(21-22)17(23)20-11-19(2,3)18(24)25/h4-5,7,9H,6,8,10-11H2,1-3H3,(H,20,23)(H,24,25). The highest BCUT2D eigenvalue weighted by molar-refractivity contribution is 5.94. The molecule has 1 aliphatic carbocycles. The summed E-state index contributed by atoms with van der Waals surface area (Å²) in [7, 11) is 0. The van der Waals surface area contributed by atoms with Gasteiger partial charge in [-0.3, -0.25) is 9.59 Å². The van der Waals surface area contributed by atoms with Crippen LogP contribution in [0, 0.1) is 12.3 Å². The lowest BCUT2D eigenvalue weighted by molar-refractivity contribution is -0.146. The number of hydrogen-bond donors (Lipinski definition) is 2. The smallest absolute Gasteiger partial charge is 0.310 e. The van der Waals surface area contributed by atoms with Crippen molar-refractivity contribution in [1.82, 2.24) is 15.1 Å². The molecule has 2 aromatic rings. The largest absolute Gasteiger partial charge is 0.481 e. The van der Waals surface area contributed by atoms with Crippen LogP contribution < -0.4 is 5.32 Å². The van der Waals surface area contributed by atoms with Crippen molar-refractivity contribution in [1.29, 1.82) is 0 Å². The number of aromatic nitrogens is 2. The predicted octanol–water partition coefficient (Wildman–Crippen LogP) is 2.51. The Morgan fingerprint density at radius 1 is 1.28 bits per heavy atom. The zero-order valence-electron chi connectivity index (χ0n) is 14.8. The molecular weight excluding hydrogens is 318 g/mol. The van der Waals surface area contributed by atoms with Crippen molar-refractivity contribution in [2.45, 2.75) is 40.0 Å². The molecule has 1 aliphatic rings. The molecule has 0 aliphatic heterocycles. The van der Waals surface area contributed by atoms with Gasteiger partial charge in [0.1, 0.15) is 0 Å². The van der Waals surface area contributed by atoms with Crippen molar-refractivity contribution in [3.8, 4) is 5.69 Å². The number of nitrogens with zero attached hydrogens (tertiary/aromatic N) is 2. The Hall–Kier alpha value is -2.63. The van der Waals surface area contributed by atoms with Gasteiger partial charge < -0.3 is 10.4 Å². The fourth-order valence-electron chi connectivity index (χ4n) is 3.08. The second kappa shape index (κ2) is 6.35. The molecule has 1 aromatic heterocycles. The summed E-state index contributed by atoms with van der Waals surface area (Å²) in [5.74, 6) is -1.25. The highest BCUT2D eigenvalue weighted by Crippen LogP contribution is 2.29. The van der Waals surface area contributed by atoms with Gasteiger partial charge in [-0.05, 0) is 51.7 Å². The molecule has 0 saturated carbocycles. The van der Waals surface area contributed by atoms with Gasteiger partial charge in [0.2, 0.25) is 0 Å². The number of carbonyl (C=O) groups excluding carboxylic acids is 1. The van der Waals surface area contributed by atoms with E-state index < -0.39 is 11.4 Å². The van der Waals surface area contributed by atoms with Crippen LogP contribution in [0.5, 0.6) is 0 Å². The summed E-state index contributed by atoms with van der Waals surface area (Å²) in [5, 5.41) is 16.5. The van der Waals surface area contributed by atoms with E-state index in [-0.39, 0.29) is 12.5 Å². The number of para-hydroxylation sites is 1. The Morgan fingerprint density at radius 2 is 2.00 bits per heavy atom. The molecule has 3 rings (SSSR count). The van der Waals surface area contributed by atoms with E-state index in [0.29, 0.717) is 5.69 Å². The van der Waals surface area contributed by atoms with E-state index in [2.05, 4.69) is 10.4 Å². The third kappa shape index (κ3) is 3.16. The van der Waals surface area contributed by atoms with Crippen LogP contribution in [-0.2, 0) is 17.6 Å². The number of carbonyl (C=O) groups is 2. The summed E-state index contributed by atoms with van der Waals surface area (Å²) in [6.45, 7) is 5.26. The SMILES string of the molecule is Cc1ccccc1-n1nc(C(=O)NCC(C)(C)C(=O)O)c2c1CCC2. The molecule has 6 nitrogen and oxygen atoms in total. The lowest BCUT2D eigenvalue weighted by Crippen LogP contribution is -2.39. The monoisotopic (exact) mass is 341 g/mol. The highest BCUT2D eigenvalue weighted by atomic mass is 16.4. The molecule has 0 radical (unpaired) electrons. The van der Waals surface area contributed by atoms with Gasteiger partial charge in [-0.25, -0.2) is 4.68 Å². The van der Waals surface area contributed by atoms with Gasteiger partial charge in [0, 0.05) is 17.8 Å². The summed E-state index contributed by atoms with van der Waals surface area (Å²) >= 11 is 0. The second-order valence-electron chi connectivity index (χ2n) is 7.20. The lowest BCUT2D eigenvalue weighted by atomic mass is 9.94. The van der Waals surface area contributed by atoms with E-state index >= 15 is 0 Å². The number of fused-ring (bicyclic) bond motifs is 1. The van der Waals surface area contributed by atoms with Gasteiger partial charge in [0.15, 0.2) is 5.69 Å². The molecule has 0 atom stereocenters. The highest BCUT2D eigenvalue weighted by Gasteiger charge is 2.31. The van der Waals surface area contributed by atoms with E-state index in [4.69, 9.17) is 0 Å². The van der Waals surface area contributed by atoms with Crippen LogP contribution in [0.15, 0.2) is 24.3 Å². The summed E-state index contributed by atoms with van der Waals surface area (Å²) in [5.41, 5.74) is 3.53. The average molecular weight is 341 g/mol. The number of aliphatic carboxylic acids is 1. The van der Waals surface area contributed by atoms with Crippen molar-refractivity contribution in [2.75, 3.05) is 6.54 Å². The Kier molecular flexibility index (Phi) is 4.37. The molecule has 0 fully saturated rings. The first-order chi connectivity index (χ1) is 11.8. The van der Waals surface area contributed by atoms with Crippen molar-refractivity contribution >= 4 is 11.9 Å². The van der Waals surface area contributed by atoms with Gasteiger partial charge in [0.05, 0.1) is 11.1 Å². The topological polar surface area (TPSA) is 84.2 Å². The lowest BCUT2D eigenvalue weighted by Gasteiger charge is -2.19. The van der Waals surface area contributed by atoms with Gasteiger partial charge in [-0.15, -0.1) is 0 Å². The summed E-state index contributed by atoms with van der Waals surface area (Å²) in [4.78, 5) is 23.8. The first-order valence-electron chi connectivity index (χ1n) is 8.49. The van der Waals surface area contributed by atoms with E-state index in [9.17, 15) is 14.7 Å². The fourth-order valence-corrected chi connectivity index (χ4v) is 3.08. The molecule has 6 heteroatoms. The van der Waals surface area contributed by atoms with Gasteiger partial charge in [-0.1, -0.05) is 18.2 Å². The molecule has 2 N–H and O–H groups in total. The molecule has 0 unspecified atom stereocenters. The molecule has 25 heavy (non-hydrogen) atoms. The molecule has 0 spiro atoms. The maximum absolute atomic E-state index is 12.6.